The Morgan fingerprint density at radius 2 is 1.64 bits per heavy atom. The predicted molar refractivity (Wildman–Crippen MR) is 122 cm³/mol. The van der Waals surface area contributed by atoms with Crippen LogP contribution >= 0.6 is 40.7 Å². The standard InChI is InChI=1S/C20H27BrN2O3.2ClH/c1-2-25-19-13-17(14-23-9-8-22-10-11-24)12-18(21)20(19)26-15-16-6-4-3-5-7-16;;/h3-7,12-13,22-24H,2,8-11,14-15H2,1H3;2*1H. The summed E-state index contributed by atoms with van der Waals surface area (Å²) >= 11 is 3.61. The first-order valence-corrected chi connectivity index (χ1v) is 9.68. The van der Waals surface area contributed by atoms with Gasteiger partial charge in [0.1, 0.15) is 6.61 Å². The zero-order valence-corrected chi connectivity index (χ0v) is 19.2. The highest BCUT2D eigenvalue weighted by Gasteiger charge is 2.12. The average molecular weight is 496 g/mol. The van der Waals surface area contributed by atoms with E-state index in [0.717, 1.165) is 46.7 Å². The molecule has 2 aromatic carbocycles. The van der Waals surface area contributed by atoms with E-state index in [1.54, 1.807) is 0 Å². The Morgan fingerprint density at radius 1 is 0.929 bits per heavy atom. The summed E-state index contributed by atoms with van der Waals surface area (Å²) in [4.78, 5) is 0. The minimum Gasteiger partial charge on any atom is -0.490 e. The first-order chi connectivity index (χ1) is 12.7. The molecule has 0 aliphatic rings. The number of nitrogens with one attached hydrogen (secondary N) is 2. The van der Waals surface area contributed by atoms with Gasteiger partial charge in [0.2, 0.25) is 0 Å². The van der Waals surface area contributed by atoms with Crippen LogP contribution in [0.3, 0.4) is 0 Å². The van der Waals surface area contributed by atoms with E-state index in [1.165, 1.54) is 0 Å². The van der Waals surface area contributed by atoms with Crippen molar-refractivity contribution in [2.24, 2.45) is 0 Å². The molecule has 0 spiro atoms. The fourth-order valence-corrected chi connectivity index (χ4v) is 3.07. The number of rotatable bonds is 12. The lowest BCUT2D eigenvalue weighted by molar-refractivity contribution is 0.267. The SMILES string of the molecule is CCOc1cc(CNCCNCCO)cc(Br)c1OCc1ccccc1.Cl.Cl. The van der Waals surface area contributed by atoms with Gasteiger partial charge >= 0.3 is 0 Å². The predicted octanol–water partition coefficient (Wildman–Crippen LogP) is 3.94. The molecule has 2 rings (SSSR count). The molecule has 0 saturated heterocycles. The molecule has 0 heterocycles. The van der Waals surface area contributed by atoms with Crippen molar-refractivity contribution in [2.75, 3.05) is 32.8 Å². The van der Waals surface area contributed by atoms with Crippen molar-refractivity contribution in [2.45, 2.75) is 20.1 Å². The van der Waals surface area contributed by atoms with Crippen LogP contribution in [0.1, 0.15) is 18.1 Å². The second-order valence-corrected chi connectivity index (χ2v) is 6.62. The van der Waals surface area contributed by atoms with Crippen molar-refractivity contribution in [3.05, 3.63) is 58.1 Å². The van der Waals surface area contributed by atoms with Crippen molar-refractivity contribution in [1.29, 1.82) is 0 Å². The van der Waals surface area contributed by atoms with Gasteiger partial charge in [-0.15, -0.1) is 24.8 Å². The number of ether oxygens (including phenoxy) is 2. The molecule has 0 amide bonds. The molecule has 8 heteroatoms. The highest BCUT2D eigenvalue weighted by molar-refractivity contribution is 9.10. The normalized spacial score (nSPS) is 9.96. The lowest BCUT2D eigenvalue weighted by Crippen LogP contribution is -2.28. The fraction of sp³-hybridized carbons (Fsp3) is 0.400. The molecule has 3 N–H and O–H groups in total. The Balaban J connectivity index is 0.00000364. The van der Waals surface area contributed by atoms with Crippen molar-refractivity contribution in [3.63, 3.8) is 0 Å². The lowest BCUT2D eigenvalue weighted by Gasteiger charge is -2.16. The van der Waals surface area contributed by atoms with Crippen LogP contribution in [0.25, 0.3) is 0 Å². The number of halogens is 3. The van der Waals surface area contributed by atoms with Gasteiger partial charge < -0.3 is 25.2 Å². The van der Waals surface area contributed by atoms with E-state index < -0.39 is 0 Å². The van der Waals surface area contributed by atoms with E-state index >= 15 is 0 Å². The van der Waals surface area contributed by atoms with Crippen molar-refractivity contribution >= 4 is 40.7 Å². The summed E-state index contributed by atoms with van der Waals surface area (Å²) in [6.07, 6.45) is 0. The summed E-state index contributed by atoms with van der Waals surface area (Å²) < 4.78 is 12.7. The minimum absolute atomic E-state index is 0. The molecule has 0 bridgehead atoms. The first-order valence-electron chi connectivity index (χ1n) is 8.88. The Morgan fingerprint density at radius 3 is 2.32 bits per heavy atom. The van der Waals surface area contributed by atoms with E-state index in [1.807, 2.05) is 43.3 Å². The zero-order valence-electron chi connectivity index (χ0n) is 15.9. The molecule has 0 aliphatic carbocycles. The smallest absolute Gasteiger partial charge is 0.175 e. The molecule has 0 atom stereocenters. The third-order valence-corrected chi connectivity index (χ3v) is 4.28. The molecule has 0 unspecified atom stereocenters. The topological polar surface area (TPSA) is 62.8 Å². The minimum atomic E-state index is 0. The van der Waals surface area contributed by atoms with Crippen LogP contribution < -0.4 is 20.1 Å². The Labute approximate surface area is 188 Å². The number of aliphatic hydroxyl groups is 1. The van der Waals surface area contributed by atoms with E-state index in [2.05, 4.69) is 32.6 Å². The van der Waals surface area contributed by atoms with Crippen LogP contribution in [0.15, 0.2) is 46.9 Å². The molecule has 0 radical (unpaired) electrons. The van der Waals surface area contributed by atoms with Gasteiger partial charge in [0.05, 0.1) is 17.7 Å². The van der Waals surface area contributed by atoms with Gasteiger partial charge in [-0.2, -0.15) is 0 Å². The van der Waals surface area contributed by atoms with Crippen LogP contribution in [0.2, 0.25) is 0 Å². The molecule has 0 aliphatic heterocycles. The Kier molecular flexibility index (Phi) is 15.3. The molecule has 0 saturated carbocycles. The van der Waals surface area contributed by atoms with E-state index in [9.17, 15) is 0 Å². The largest absolute Gasteiger partial charge is 0.490 e. The number of hydrogen-bond donors (Lipinski definition) is 3. The summed E-state index contributed by atoms with van der Waals surface area (Å²) in [6.45, 7) is 6.20. The first kappa shape index (κ1) is 27.0. The van der Waals surface area contributed by atoms with Gasteiger partial charge in [-0.25, -0.2) is 0 Å². The molecule has 0 aromatic heterocycles. The maximum atomic E-state index is 8.74. The molecule has 5 nitrogen and oxygen atoms in total. The van der Waals surface area contributed by atoms with Crippen LogP contribution in [-0.2, 0) is 13.2 Å². The number of hydrogen-bond acceptors (Lipinski definition) is 5. The second-order valence-electron chi connectivity index (χ2n) is 5.76. The van der Waals surface area contributed by atoms with Crippen molar-refractivity contribution in [3.8, 4) is 11.5 Å². The van der Waals surface area contributed by atoms with Crippen molar-refractivity contribution < 1.29 is 14.6 Å². The second kappa shape index (κ2) is 15.9. The molecule has 0 fully saturated rings. The van der Waals surface area contributed by atoms with Gasteiger partial charge in [-0.1, -0.05) is 30.3 Å². The third kappa shape index (κ3) is 9.45. The zero-order chi connectivity index (χ0) is 18.6. The average Bonchev–Trinajstić information content (AvgIpc) is 2.65. The van der Waals surface area contributed by atoms with Gasteiger partial charge in [0.25, 0.3) is 0 Å². The summed E-state index contributed by atoms with van der Waals surface area (Å²) in [5, 5.41) is 15.3. The molecule has 28 heavy (non-hydrogen) atoms. The van der Waals surface area contributed by atoms with E-state index in [-0.39, 0.29) is 31.4 Å². The molecular formula is C20H29BrCl2N2O3. The van der Waals surface area contributed by atoms with Crippen molar-refractivity contribution in [1.82, 2.24) is 10.6 Å². The van der Waals surface area contributed by atoms with Gasteiger partial charge in [-0.05, 0) is 46.1 Å². The monoisotopic (exact) mass is 494 g/mol. The Bertz CT molecular complexity index is 663. The highest BCUT2D eigenvalue weighted by atomic mass is 79.9. The van der Waals surface area contributed by atoms with Crippen LogP contribution in [-0.4, -0.2) is 38.0 Å². The quantitative estimate of drug-likeness (QED) is 0.389. The Hall–Kier alpha value is -1.02. The van der Waals surface area contributed by atoms with E-state index in [4.69, 9.17) is 14.6 Å². The van der Waals surface area contributed by atoms with E-state index in [0.29, 0.717) is 19.8 Å². The summed E-state index contributed by atoms with van der Waals surface area (Å²) in [6, 6.07) is 14.1. The summed E-state index contributed by atoms with van der Waals surface area (Å²) in [5.41, 5.74) is 2.23. The van der Waals surface area contributed by atoms with Crippen LogP contribution in [0, 0.1) is 0 Å². The summed E-state index contributed by atoms with van der Waals surface area (Å²) in [7, 11) is 0. The van der Waals surface area contributed by atoms with Crippen LogP contribution in [0.5, 0.6) is 11.5 Å². The van der Waals surface area contributed by atoms with Crippen LogP contribution in [0.4, 0.5) is 0 Å². The maximum absolute atomic E-state index is 8.74. The molecule has 2 aromatic rings. The lowest BCUT2D eigenvalue weighted by atomic mass is 10.2. The maximum Gasteiger partial charge on any atom is 0.175 e. The number of aliphatic hydroxyl groups excluding tert-OH is 1. The highest BCUT2D eigenvalue weighted by Crippen LogP contribution is 2.37. The molecule has 158 valence electrons. The van der Waals surface area contributed by atoms with Gasteiger partial charge in [-0.3, -0.25) is 0 Å². The fourth-order valence-electron chi connectivity index (χ4n) is 2.47. The van der Waals surface area contributed by atoms with Gasteiger partial charge in [0, 0.05) is 26.2 Å². The molecular weight excluding hydrogens is 467 g/mol. The van der Waals surface area contributed by atoms with Gasteiger partial charge in [0.15, 0.2) is 11.5 Å². The number of benzene rings is 2. The third-order valence-electron chi connectivity index (χ3n) is 3.69. The summed E-state index contributed by atoms with van der Waals surface area (Å²) in [5.74, 6) is 1.47.